The number of rotatable bonds is 5. The molecule has 0 spiro atoms. The van der Waals surface area contributed by atoms with Crippen LogP contribution in [0.4, 0.5) is 10.5 Å². The Morgan fingerprint density at radius 1 is 0.933 bits per heavy atom. The number of para-hydroxylation sites is 1. The van der Waals surface area contributed by atoms with Crippen molar-refractivity contribution >= 4 is 34.7 Å². The summed E-state index contributed by atoms with van der Waals surface area (Å²) in [6, 6.07) is 25.5. The van der Waals surface area contributed by atoms with Gasteiger partial charge in [-0.25, -0.2) is 4.90 Å². The first-order valence-electron chi connectivity index (χ1n) is 9.19. The largest absolute Gasteiger partial charge is 0.489 e. The fourth-order valence-electron chi connectivity index (χ4n) is 3.00. The van der Waals surface area contributed by atoms with Crippen molar-refractivity contribution in [2.24, 2.45) is 0 Å². The molecule has 1 aliphatic heterocycles. The highest BCUT2D eigenvalue weighted by Crippen LogP contribution is 2.35. The fraction of sp³-hybridized carbons (Fsp3) is 0.0417. The normalized spacial score (nSPS) is 14.8. The SMILES string of the molecule is N#Cc1ccccc1COc1ccc(/C=C2/SC(=O)N(c3ccccc3)C2=O)cc1. The Balaban J connectivity index is 1.46. The van der Waals surface area contributed by atoms with Crippen LogP contribution in [0.25, 0.3) is 6.08 Å². The van der Waals surface area contributed by atoms with Gasteiger partial charge in [-0.3, -0.25) is 9.59 Å². The van der Waals surface area contributed by atoms with Gasteiger partial charge in [-0.1, -0.05) is 48.5 Å². The second-order valence-electron chi connectivity index (χ2n) is 6.48. The molecule has 0 aliphatic carbocycles. The predicted octanol–water partition coefficient (Wildman–Crippen LogP) is 5.38. The minimum atomic E-state index is -0.329. The van der Waals surface area contributed by atoms with Crippen LogP contribution in [0.3, 0.4) is 0 Å². The third-order valence-corrected chi connectivity index (χ3v) is 5.39. The zero-order chi connectivity index (χ0) is 20.9. The molecule has 3 aromatic carbocycles. The molecule has 6 heteroatoms. The zero-order valence-corrected chi connectivity index (χ0v) is 16.6. The summed E-state index contributed by atoms with van der Waals surface area (Å²) in [5, 5.41) is 8.84. The molecule has 3 aromatic rings. The number of hydrogen-bond acceptors (Lipinski definition) is 5. The van der Waals surface area contributed by atoms with Gasteiger partial charge in [0, 0.05) is 5.56 Å². The van der Waals surface area contributed by atoms with Crippen molar-refractivity contribution < 1.29 is 14.3 Å². The molecule has 1 aliphatic rings. The molecule has 30 heavy (non-hydrogen) atoms. The molecule has 1 saturated heterocycles. The first-order chi connectivity index (χ1) is 14.7. The van der Waals surface area contributed by atoms with E-state index in [1.807, 2.05) is 36.4 Å². The molecule has 0 N–H and O–H groups in total. The van der Waals surface area contributed by atoms with E-state index < -0.39 is 0 Å². The highest BCUT2D eigenvalue weighted by Gasteiger charge is 2.36. The van der Waals surface area contributed by atoms with Gasteiger partial charge in [0.2, 0.25) is 0 Å². The van der Waals surface area contributed by atoms with E-state index in [0.29, 0.717) is 28.5 Å². The number of nitriles is 1. The Morgan fingerprint density at radius 2 is 1.63 bits per heavy atom. The third-order valence-electron chi connectivity index (χ3n) is 4.52. The lowest BCUT2D eigenvalue weighted by Gasteiger charge is -2.11. The average Bonchev–Trinajstić information content (AvgIpc) is 3.06. The highest BCUT2D eigenvalue weighted by atomic mass is 32.2. The summed E-state index contributed by atoms with van der Waals surface area (Å²) < 4.78 is 5.77. The number of hydrogen-bond donors (Lipinski definition) is 0. The topological polar surface area (TPSA) is 70.4 Å². The third kappa shape index (κ3) is 4.12. The Labute approximate surface area is 178 Å². The van der Waals surface area contributed by atoms with Gasteiger partial charge in [-0.2, -0.15) is 5.26 Å². The van der Waals surface area contributed by atoms with Crippen molar-refractivity contribution in [3.63, 3.8) is 0 Å². The van der Waals surface area contributed by atoms with E-state index in [1.165, 1.54) is 4.90 Å². The van der Waals surface area contributed by atoms with Crippen LogP contribution in [0.15, 0.2) is 83.8 Å². The number of nitrogens with zero attached hydrogens (tertiary/aromatic N) is 2. The predicted molar refractivity (Wildman–Crippen MR) is 117 cm³/mol. The van der Waals surface area contributed by atoms with Crippen LogP contribution in [-0.4, -0.2) is 11.1 Å². The van der Waals surface area contributed by atoms with E-state index in [-0.39, 0.29) is 11.1 Å². The lowest BCUT2D eigenvalue weighted by molar-refractivity contribution is -0.113. The maximum atomic E-state index is 12.7. The molecule has 0 radical (unpaired) electrons. The molecule has 0 aromatic heterocycles. The van der Waals surface area contributed by atoms with Gasteiger partial charge in [0.15, 0.2) is 0 Å². The first-order valence-corrected chi connectivity index (χ1v) is 10.0. The number of ether oxygens (including phenoxy) is 1. The second kappa shape index (κ2) is 8.68. The van der Waals surface area contributed by atoms with Gasteiger partial charge in [0.1, 0.15) is 12.4 Å². The molecule has 4 rings (SSSR count). The van der Waals surface area contributed by atoms with Crippen LogP contribution in [0.2, 0.25) is 0 Å². The van der Waals surface area contributed by atoms with Gasteiger partial charge < -0.3 is 4.74 Å². The molecular formula is C24H16N2O3S. The summed E-state index contributed by atoms with van der Waals surface area (Å²) in [5.41, 5.74) is 2.75. The number of anilines is 1. The zero-order valence-electron chi connectivity index (χ0n) is 15.8. The standard InChI is InChI=1S/C24H16N2O3S/c25-15-18-6-4-5-7-19(18)16-29-21-12-10-17(11-13-21)14-22-23(27)26(24(28)30-22)20-8-2-1-3-9-20/h1-14H,16H2/b22-14+. The molecule has 1 heterocycles. The summed E-state index contributed by atoms with van der Waals surface area (Å²) in [5.74, 6) is 0.321. The molecule has 0 bridgehead atoms. The summed E-state index contributed by atoms with van der Waals surface area (Å²) >= 11 is 0.924. The number of thioether (sulfide) groups is 1. The van der Waals surface area contributed by atoms with Gasteiger partial charge in [-0.15, -0.1) is 0 Å². The summed E-state index contributed by atoms with van der Waals surface area (Å²) in [4.78, 5) is 26.5. The molecule has 146 valence electrons. The van der Waals surface area contributed by atoms with Crippen LogP contribution in [0.5, 0.6) is 5.75 Å². The van der Waals surface area contributed by atoms with E-state index in [0.717, 1.165) is 22.9 Å². The monoisotopic (exact) mass is 412 g/mol. The van der Waals surface area contributed by atoms with Crippen molar-refractivity contribution in [2.45, 2.75) is 6.61 Å². The van der Waals surface area contributed by atoms with E-state index in [1.54, 1.807) is 48.5 Å². The minimum Gasteiger partial charge on any atom is -0.489 e. The lowest BCUT2D eigenvalue weighted by atomic mass is 10.1. The number of imide groups is 1. The van der Waals surface area contributed by atoms with Crippen LogP contribution in [-0.2, 0) is 11.4 Å². The summed E-state index contributed by atoms with van der Waals surface area (Å²) in [6.45, 7) is 0.291. The minimum absolute atomic E-state index is 0.291. The van der Waals surface area contributed by atoms with Crippen LogP contribution in [0, 0.1) is 11.3 Å². The second-order valence-corrected chi connectivity index (χ2v) is 7.47. The van der Waals surface area contributed by atoms with Crippen LogP contribution < -0.4 is 9.64 Å². The van der Waals surface area contributed by atoms with Crippen molar-refractivity contribution in [2.75, 3.05) is 4.90 Å². The van der Waals surface area contributed by atoms with Gasteiger partial charge in [0.05, 0.1) is 22.2 Å². The van der Waals surface area contributed by atoms with Crippen molar-refractivity contribution in [3.05, 3.63) is 100 Å². The smallest absolute Gasteiger partial charge is 0.298 e. The van der Waals surface area contributed by atoms with E-state index in [9.17, 15) is 9.59 Å². The van der Waals surface area contributed by atoms with E-state index in [2.05, 4.69) is 6.07 Å². The summed E-state index contributed by atoms with van der Waals surface area (Å²) in [7, 11) is 0. The van der Waals surface area contributed by atoms with Crippen molar-refractivity contribution in [1.82, 2.24) is 0 Å². The van der Waals surface area contributed by atoms with Gasteiger partial charge in [-0.05, 0) is 53.7 Å². The average molecular weight is 412 g/mol. The Kier molecular flexibility index (Phi) is 5.64. The molecule has 0 atom stereocenters. The van der Waals surface area contributed by atoms with Crippen LogP contribution >= 0.6 is 11.8 Å². The van der Waals surface area contributed by atoms with E-state index in [4.69, 9.17) is 10.00 Å². The Bertz CT molecular complexity index is 1170. The number of carbonyl (C=O) groups is 2. The molecule has 0 saturated carbocycles. The van der Waals surface area contributed by atoms with Crippen LogP contribution in [0.1, 0.15) is 16.7 Å². The fourth-order valence-corrected chi connectivity index (χ4v) is 3.84. The quantitative estimate of drug-likeness (QED) is 0.526. The summed E-state index contributed by atoms with van der Waals surface area (Å²) in [6.07, 6.45) is 1.70. The lowest BCUT2D eigenvalue weighted by Crippen LogP contribution is -2.27. The van der Waals surface area contributed by atoms with Crippen molar-refractivity contribution in [1.29, 1.82) is 5.26 Å². The van der Waals surface area contributed by atoms with Gasteiger partial charge >= 0.3 is 0 Å². The molecule has 5 nitrogen and oxygen atoms in total. The molecule has 2 amide bonds. The first kappa shape index (κ1) is 19.5. The van der Waals surface area contributed by atoms with E-state index >= 15 is 0 Å². The Morgan fingerprint density at radius 3 is 2.37 bits per heavy atom. The number of amides is 2. The number of carbonyl (C=O) groups excluding carboxylic acids is 2. The number of benzene rings is 3. The van der Waals surface area contributed by atoms with Gasteiger partial charge in [0.25, 0.3) is 11.1 Å². The van der Waals surface area contributed by atoms with Crippen molar-refractivity contribution in [3.8, 4) is 11.8 Å². The highest BCUT2D eigenvalue weighted by molar-refractivity contribution is 8.19. The maximum absolute atomic E-state index is 12.7. The Hall–Kier alpha value is -3.82. The maximum Gasteiger partial charge on any atom is 0.298 e. The molecular weight excluding hydrogens is 396 g/mol. The molecule has 1 fully saturated rings. The molecule has 0 unspecified atom stereocenters.